The van der Waals surface area contributed by atoms with Gasteiger partial charge >= 0.3 is 0 Å². The van der Waals surface area contributed by atoms with Gasteiger partial charge in [-0.3, -0.25) is 4.79 Å². The van der Waals surface area contributed by atoms with Crippen LogP contribution in [0, 0.1) is 5.82 Å². The molecule has 5 nitrogen and oxygen atoms in total. The number of carbonyl (C=O) groups excluding carboxylic acids is 1. The topological polar surface area (TPSA) is 75.3 Å². The highest BCUT2D eigenvalue weighted by atomic mass is 32.2. The largest absolute Gasteiger partial charge is 0.350 e. The summed E-state index contributed by atoms with van der Waals surface area (Å²) in [5, 5.41) is 2.86. The van der Waals surface area contributed by atoms with Crippen LogP contribution in [0.25, 0.3) is 0 Å². The third kappa shape index (κ3) is 6.15. The molecule has 2 aromatic rings. The van der Waals surface area contributed by atoms with Crippen molar-refractivity contribution >= 4 is 15.9 Å². The normalized spacial score (nSPS) is 12.8. The van der Waals surface area contributed by atoms with Gasteiger partial charge in [-0.05, 0) is 48.2 Å². The monoisotopic (exact) mass is 392 g/mol. The quantitative estimate of drug-likeness (QED) is 0.722. The third-order valence-corrected chi connectivity index (χ3v) is 5.73. The molecule has 0 aromatic heterocycles. The Balaban J connectivity index is 1.84. The standard InChI is InChI=1S/C20H25FN2O3S/c1-14(2)16-4-6-17(7-5-16)15(3)23-20(24)12-13-22-27(25,26)19-10-8-18(21)9-11-19/h4-11,14-15,22H,12-13H2,1-3H3,(H,23,24). The molecule has 2 N–H and O–H groups in total. The summed E-state index contributed by atoms with van der Waals surface area (Å²) in [4.78, 5) is 12.0. The first kappa shape index (κ1) is 21.1. The smallest absolute Gasteiger partial charge is 0.240 e. The maximum absolute atomic E-state index is 12.9. The van der Waals surface area contributed by atoms with Crippen LogP contribution in [-0.4, -0.2) is 20.9 Å². The second-order valence-electron chi connectivity index (χ2n) is 6.71. The molecule has 0 fully saturated rings. The maximum Gasteiger partial charge on any atom is 0.240 e. The van der Waals surface area contributed by atoms with Gasteiger partial charge in [0.1, 0.15) is 5.82 Å². The molecule has 0 saturated heterocycles. The number of carbonyl (C=O) groups is 1. The van der Waals surface area contributed by atoms with Crippen molar-refractivity contribution in [2.24, 2.45) is 0 Å². The molecule has 7 heteroatoms. The molecule has 0 heterocycles. The summed E-state index contributed by atoms with van der Waals surface area (Å²) in [6.45, 7) is 6.08. The lowest BCUT2D eigenvalue weighted by atomic mass is 9.99. The minimum absolute atomic E-state index is 0.00877. The number of hydrogen-bond donors (Lipinski definition) is 2. The first-order valence-corrected chi connectivity index (χ1v) is 10.3. The van der Waals surface area contributed by atoms with E-state index in [-0.39, 0.29) is 29.8 Å². The van der Waals surface area contributed by atoms with Crippen LogP contribution >= 0.6 is 0 Å². The molecule has 0 saturated carbocycles. The van der Waals surface area contributed by atoms with Crippen molar-refractivity contribution < 1.29 is 17.6 Å². The molecule has 0 aliphatic carbocycles. The number of rotatable bonds is 8. The lowest BCUT2D eigenvalue weighted by Gasteiger charge is -2.16. The van der Waals surface area contributed by atoms with Gasteiger partial charge in [0.05, 0.1) is 10.9 Å². The highest BCUT2D eigenvalue weighted by Gasteiger charge is 2.15. The van der Waals surface area contributed by atoms with Crippen molar-refractivity contribution in [2.45, 2.75) is 44.0 Å². The van der Waals surface area contributed by atoms with Gasteiger partial charge in [-0.2, -0.15) is 0 Å². The summed E-state index contributed by atoms with van der Waals surface area (Å²) in [6, 6.07) is 12.4. The Kier molecular flexibility index (Phi) is 7.10. The maximum atomic E-state index is 12.9. The molecule has 0 radical (unpaired) electrons. The van der Waals surface area contributed by atoms with Crippen LogP contribution < -0.4 is 10.0 Å². The lowest BCUT2D eigenvalue weighted by molar-refractivity contribution is -0.121. The Morgan fingerprint density at radius 3 is 2.07 bits per heavy atom. The van der Waals surface area contributed by atoms with Gasteiger partial charge in [-0.1, -0.05) is 38.1 Å². The summed E-state index contributed by atoms with van der Waals surface area (Å²) in [6.07, 6.45) is 0.00877. The fourth-order valence-electron chi connectivity index (χ4n) is 2.56. The van der Waals surface area contributed by atoms with E-state index in [4.69, 9.17) is 0 Å². The summed E-state index contributed by atoms with van der Waals surface area (Å²) >= 11 is 0. The molecule has 0 aliphatic rings. The molecule has 146 valence electrons. The molecular formula is C20H25FN2O3S. The number of halogens is 1. The van der Waals surface area contributed by atoms with Crippen LogP contribution in [0.3, 0.4) is 0 Å². The van der Waals surface area contributed by atoms with E-state index < -0.39 is 15.8 Å². The van der Waals surface area contributed by atoms with Crippen molar-refractivity contribution in [2.75, 3.05) is 6.54 Å². The number of benzene rings is 2. The van der Waals surface area contributed by atoms with Gasteiger partial charge < -0.3 is 5.32 Å². The van der Waals surface area contributed by atoms with E-state index in [1.165, 1.54) is 17.7 Å². The molecule has 2 rings (SSSR count). The van der Waals surface area contributed by atoms with E-state index >= 15 is 0 Å². The van der Waals surface area contributed by atoms with E-state index in [9.17, 15) is 17.6 Å². The molecule has 2 aromatic carbocycles. The van der Waals surface area contributed by atoms with Gasteiger partial charge in [0.25, 0.3) is 0 Å². The van der Waals surface area contributed by atoms with Crippen LogP contribution in [0.1, 0.15) is 50.3 Å². The summed E-state index contributed by atoms with van der Waals surface area (Å²) in [7, 11) is -3.76. The zero-order valence-electron chi connectivity index (χ0n) is 15.7. The number of sulfonamides is 1. The van der Waals surface area contributed by atoms with Gasteiger partial charge in [0.15, 0.2) is 0 Å². The Morgan fingerprint density at radius 1 is 0.963 bits per heavy atom. The summed E-state index contributed by atoms with van der Waals surface area (Å²) in [5.41, 5.74) is 2.21. The van der Waals surface area contributed by atoms with Crippen molar-refractivity contribution in [1.29, 1.82) is 0 Å². The highest BCUT2D eigenvalue weighted by Crippen LogP contribution is 2.18. The summed E-state index contributed by atoms with van der Waals surface area (Å²) in [5.74, 6) is -0.320. The van der Waals surface area contributed by atoms with Crippen LogP contribution in [-0.2, 0) is 14.8 Å². The minimum atomic E-state index is -3.76. The van der Waals surface area contributed by atoms with Gasteiger partial charge in [-0.15, -0.1) is 0 Å². The predicted octanol–water partition coefficient (Wildman–Crippen LogP) is 3.49. The second kappa shape index (κ2) is 9.10. The minimum Gasteiger partial charge on any atom is -0.350 e. The van der Waals surface area contributed by atoms with E-state index in [0.717, 1.165) is 17.7 Å². The molecule has 0 bridgehead atoms. The molecule has 1 atom stereocenters. The van der Waals surface area contributed by atoms with Crippen LogP contribution in [0.15, 0.2) is 53.4 Å². The zero-order chi connectivity index (χ0) is 20.0. The first-order chi connectivity index (χ1) is 12.7. The van der Waals surface area contributed by atoms with Crippen LogP contribution in [0.2, 0.25) is 0 Å². The third-order valence-electron chi connectivity index (χ3n) is 4.25. The average molecular weight is 392 g/mol. The second-order valence-corrected chi connectivity index (χ2v) is 8.48. The van der Waals surface area contributed by atoms with Crippen LogP contribution in [0.5, 0.6) is 0 Å². The van der Waals surface area contributed by atoms with Crippen molar-refractivity contribution in [1.82, 2.24) is 10.0 Å². The predicted molar refractivity (Wildman–Crippen MR) is 103 cm³/mol. The molecule has 0 aliphatic heterocycles. The molecular weight excluding hydrogens is 367 g/mol. The van der Waals surface area contributed by atoms with Crippen molar-refractivity contribution in [3.05, 3.63) is 65.5 Å². The van der Waals surface area contributed by atoms with E-state index in [1.54, 1.807) is 0 Å². The Bertz CT molecular complexity index is 863. The first-order valence-electron chi connectivity index (χ1n) is 8.83. The number of amides is 1. The molecule has 1 amide bonds. The molecule has 27 heavy (non-hydrogen) atoms. The number of nitrogens with one attached hydrogen (secondary N) is 2. The Hall–Kier alpha value is -2.25. The Morgan fingerprint density at radius 2 is 1.52 bits per heavy atom. The lowest BCUT2D eigenvalue weighted by Crippen LogP contribution is -2.32. The van der Waals surface area contributed by atoms with Crippen LogP contribution in [0.4, 0.5) is 4.39 Å². The summed E-state index contributed by atoms with van der Waals surface area (Å²) < 4.78 is 39.4. The zero-order valence-corrected chi connectivity index (χ0v) is 16.5. The highest BCUT2D eigenvalue weighted by molar-refractivity contribution is 7.89. The van der Waals surface area contributed by atoms with Gasteiger partial charge in [0.2, 0.25) is 15.9 Å². The van der Waals surface area contributed by atoms with Crippen molar-refractivity contribution in [3.8, 4) is 0 Å². The van der Waals surface area contributed by atoms with E-state index in [0.29, 0.717) is 5.92 Å². The van der Waals surface area contributed by atoms with Gasteiger partial charge in [0, 0.05) is 13.0 Å². The SMILES string of the molecule is CC(C)c1ccc(C(C)NC(=O)CCNS(=O)(=O)c2ccc(F)cc2)cc1. The fourth-order valence-corrected chi connectivity index (χ4v) is 3.59. The van der Waals surface area contributed by atoms with E-state index in [2.05, 4.69) is 23.9 Å². The average Bonchev–Trinajstić information content (AvgIpc) is 2.62. The van der Waals surface area contributed by atoms with Crippen molar-refractivity contribution in [3.63, 3.8) is 0 Å². The van der Waals surface area contributed by atoms with Gasteiger partial charge in [-0.25, -0.2) is 17.5 Å². The number of hydrogen-bond acceptors (Lipinski definition) is 3. The molecule has 1 unspecified atom stereocenters. The fraction of sp³-hybridized carbons (Fsp3) is 0.350. The Labute approximate surface area is 160 Å². The van der Waals surface area contributed by atoms with E-state index in [1.807, 2.05) is 31.2 Å². The molecule has 0 spiro atoms.